The van der Waals surface area contributed by atoms with Gasteiger partial charge in [0.1, 0.15) is 0 Å². The van der Waals surface area contributed by atoms with Crippen LogP contribution in [0, 0.1) is 0 Å². The SMILES string of the molecule is CCCC(=O)C(NC(=O)c1ccccc1)C(=O)OC(C)C. The van der Waals surface area contributed by atoms with Crippen LogP contribution in [0.4, 0.5) is 0 Å². The molecular weight excluding hydrogens is 270 g/mol. The molecule has 0 radical (unpaired) electrons. The van der Waals surface area contributed by atoms with Gasteiger partial charge in [0.2, 0.25) is 0 Å². The second-order valence-corrected chi connectivity index (χ2v) is 4.97. The number of hydrogen-bond donors (Lipinski definition) is 1. The summed E-state index contributed by atoms with van der Waals surface area (Å²) in [6, 6.07) is 7.19. The summed E-state index contributed by atoms with van der Waals surface area (Å²) >= 11 is 0. The van der Waals surface area contributed by atoms with E-state index in [-0.39, 0.29) is 18.3 Å². The molecule has 0 heterocycles. The van der Waals surface area contributed by atoms with Crippen molar-refractivity contribution in [3.05, 3.63) is 35.9 Å². The van der Waals surface area contributed by atoms with Gasteiger partial charge in [-0.2, -0.15) is 0 Å². The number of benzene rings is 1. The highest BCUT2D eigenvalue weighted by molar-refractivity contribution is 6.08. The Labute approximate surface area is 124 Å². The van der Waals surface area contributed by atoms with Gasteiger partial charge in [-0.3, -0.25) is 9.59 Å². The fraction of sp³-hybridized carbons (Fsp3) is 0.438. The molecule has 21 heavy (non-hydrogen) atoms. The minimum Gasteiger partial charge on any atom is -0.461 e. The van der Waals surface area contributed by atoms with Gasteiger partial charge in [-0.25, -0.2) is 4.79 Å². The van der Waals surface area contributed by atoms with Crippen LogP contribution in [0.15, 0.2) is 30.3 Å². The van der Waals surface area contributed by atoms with Gasteiger partial charge in [0.25, 0.3) is 5.91 Å². The third-order valence-corrected chi connectivity index (χ3v) is 2.72. The van der Waals surface area contributed by atoms with Gasteiger partial charge < -0.3 is 10.1 Å². The Morgan fingerprint density at radius 3 is 2.29 bits per heavy atom. The Kier molecular flexibility index (Phi) is 6.59. The number of nitrogens with one attached hydrogen (secondary N) is 1. The summed E-state index contributed by atoms with van der Waals surface area (Å²) < 4.78 is 5.04. The Morgan fingerprint density at radius 2 is 1.76 bits per heavy atom. The minimum absolute atomic E-state index is 0.215. The summed E-state index contributed by atoms with van der Waals surface area (Å²) in [5.74, 6) is -1.52. The molecule has 5 nitrogen and oxygen atoms in total. The monoisotopic (exact) mass is 291 g/mol. The van der Waals surface area contributed by atoms with Gasteiger partial charge in [0, 0.05) is 12.0 Å². The summed E-state index contributed by atoms with van der Waals surface area (Å²) in [5.41, 5.74) is 0.393. The van der Waals surface area contributed by atoms with Crippen molar-refractivity contribution in [2.45, 2.75) is 45.8 Å². The highest BCUT2D eigenvalue weighted by Crippen LogP contribution is 2.04. The Bertz CT molecular complexity index is 496. The maximum absolute atomic E-state index is 12.1. The lowest BCUT2D eigenvalue weighted by Crippen LogP contribution is -2.47. The summed E-state index contributed by atoms with van der Waals surface area (Å²) in [7, 11) is 0. The standard InChI is InChI=1S/C16H21NO4/c1-4-8-13(18)14(16(20)21-11(2)3)17-15(19)12-9-6-5-7-10-12/h5-7,9-11,14H,4,8H2,1-3H3,(H,17,19). The predicted octanol–water partition coefficient (Wildman–Crippen LogP) is 2.11. The van der Waals surface area contributed by atoms with Crippen molar-refractivity contribution in [2.24, 2.45) is 0 Å². The number of ether oxygens (including phenoxy) is 1. The molecule has 1 unspecified atom stereocenters. The van der Waals surface area contributed by atoms with Crippen LogP contribution in [-0.2, 0) is 14.3 Å². The molecule has 0 saturated heterocycles. The van der Waals surface area contributed by atoms with Crippen LogP contribution in [0.5, 0.6) is 0 Å². The van der Waals surface area contributed by atoms with Crippen molar-refractivity contribution >= 4 is 17.7 Å². The second-order valence-electron chi connectivity index (χ2n) is 4.97. The van der Waals surface area contributed by atoms with Crippen molar-refractivity contribution in [1.82, 2.24) is 5.32 Å². The third kappa shape index (κ3) is 5.38. The fourth-order valence-corrected chi connectivity index (χ4v) is 1.77. The molecule has 0 aromatic heterocycles. The van der Waals surface area contributed by atoms with Gasteiger partial charge in [-0.1, -0.05) is 25.1 Å². The molecule has 5 heteroatoms. The van der Waals surface area contributed by atoms with Crippen LogP contribution in [0.2, 0.25) is 0 Å². The van der Waals surface area contributed by atoms with Crippen LogP contribution in [0.1, 0.15) is 44.0 Å². The van der Waals surface area contributed by atoms with Crippen LogP contribution >= 0.6 is 0 Å². The summed E-state index contributed by atoms with van der Waals surface area (Å²) in [6.45, 7) is 5.22. The molecule has 0 aliphatic heterocycles. The number of carbonyl (C=O) groups is 3. The molecular formula is C16H21NO4. The van der Waals surface area contributed by atoms with Gasteiger partial charge in [-0.05, 0) is 32.4 Å². The molecule has 1 atom stereocenters. The van der Waals surface area contributed by atoms with E-state index in [2.05, 4.69) is 5.32 Å². The quantitative estimate of drug-likeness (QED) is 0.617. The molecule has 1 aromatic carbocycles. The minimum atomic E-state index is -1.25. The molecule has 0 fully saturated rings. The second kappa shape index (κ2) is 8.19. The van der Waals surface area contributed by atoms with Crippen molar-refractivity contribution in [2.75, 3.05) is 0 Å². The zero-order chi connectivity index (χ0) is 15.8. The van der Waals surface area contributed by atoms with E-state index in [1.165, 1.54) is 0 Å². The molecule has 1 aromatic rings. The number of hydrogen-bond acceptors (Lipinski definition) is 4. The maximum Gasteiger partial charge on any atom is 0.336 e. The zero-order valence-electron chi connectivity index (χ0n) is 12.6. The van der Waals surface area contributed by atoms with Crippen molar-refractivity contribution in [1.29, 1.82) is 0 Å². The van der Waals surface area contributed by atoms with E-state index in [9.17, 15) is 14.4 Å². The molecule has 0 bridgehead atoms. The highest BCUT2D eigenvalue weighted by Gasteiger charge is 2.29. The first kappa shape index (κ1) is 16.9. The van der Waals surface area contributed by atoms with E-state index in [1.807, 2.05) is 6.92 Å². The molecule has 1 rings (SSSR count). The van der Waals surface area contributed by atoms with Crippen molar-refractivity contribution < 1.29 is 19.1 Å². The van der Waals surface area contributed by atoms with E-state index in [1.54, 1.807) is 44.2 Å². The lowest BCUT2D eigenvalue weighted by molar-refractivity contribution is -0.152. The van der Waals surface area contributed by atoms with Crippen molar-refractivity contribution in [3.63, 3.8) is 0 Å². The smallest absolute Gasteiger partial charge is 0.336 e. The first-order valence-corrected chi connectivity index (χ1v) is 7.04. The largest absolute Gasteiger partial charge is 0.461 e. The number of ketones is 1. The summed E-state index contributed by atoms with van der Waals surface area (Å²) in [6.07, 6.45) is 0.473. The highest BCUT2D eigenvalue weighted by atomic mass is 16.5. The van der Waals surface area contributed by atoms with Crippen LogP contribution in [-0.4, -0.2) is 29.8 Å². The van der Waals surface area contributed by atoms with Crippen LogP contribution < -0.4 is 5.32 Å². The number of rotatable bonds is 7. The number of Topliss-reactive ketones (excluding diaryl/α,β-unsaturated/α-hetero) is 1. The third-order valence-electron chi connectivity index (χ3n) is 2.72. The molecule has 0 spiro atoms. The van der Waals surface area contributed by atoms with Gasteiger partial charge in [0.15, 0.2) is 11.8 Å². The summed E-state index contributed by atoms with van der Waals surface area (Å²) in [5, 5.41) is 2.46. The van der Waals surface area contributed by atoms with Gasteiger partial charge in [0.05, 0.1) is 6.10 Å². The first-order valence-electron chi connectivity index (χ1n) is 7.04. The first-order chi connectivity index (χ1) is 9.95. The Hall–Kier alpha value is -2.17. The molecule has 1 N–H and O–H groups in total. The normalized spacial score (nSPS) is 11.8. The lowest BCUT2D eigenvalue weighted by Gasteiger charge is -2.18. The van der Waals surface area contributed by atoms with Crippen molar-refractivity contribution in [3.8, 4) is 0 Å². The predicted molar refractivity (Wildman–Crippen MR) is 78.8 cm³/mol. The van der Waals surface area contributed by atoms with E-state index in [0.717, 1.165) is 0 Å². The van der Waals surface area contributed by atoms with E-state index in [4.69, 9.17) is 4.74 Å². The van der Waals surface area contributed by atoms with Gasteiger partial charge in [-0.15, -0.1) is 0 Å². The average molecular weight is 291 g/mol. The summed E-state index contributed by atoms with van der Waals surface area (Å²) in [4.78, 5) is 36.1. The molecule has 0 saturated carbocycles. The van der Waals surface area contributed by atoms with Gasteiger partial charge >= 0.3 is 5.97 Å². The van der Waals surface area contributed by atoms with Crippen LogP contribution in [0.3, 0.4) is 0 Å². The fourth-order valence-electron chi connectivity index (χ4n) is 1.77. The molecule has 114 valence electrons. The maximum atomic E-state index is 12.1. The number of esters is 1. The molecule has 0 aliphatic rings. The van der Waals surface area contributed by atoms with E-state index >= 15 is 0 Å². The number of amides is 1. The Balaban J connectivity index is 2.84. The molecule has 0 aliphatic carbocycles. The molecule has 1 amide bonds. The Morgan fingerprint density at radius 1 is 1.14 bits per heavy atom. The van der Waals surface area contributed by atoms with E-state index < -0.39 is 17.9 Å². The average Bonchev–Trinajstić information content (AvgIpc) is 2.44. The number of carbonyl (C=O) groups excluding carboxylic acids is 3. The zero-order valence-corrected chi connectivity index (χ0v) is 12.6. The van der Waals surface area contributed by atoms with E-state index in [0.29, 0.717) is 12.0 Å². The lowest BCUT2D eigenvalue weighted by atomic mass is 10.1. The topological polar surface area (TPSA) is 72.5 Å². The van der Waals surface area contributed by atoms with Crippen LogP contribution in [0.25, 0.3) is 0 Å².